The summed E-state index contributed by atoms with van der Waals surface area (Å²) in [6.07, 6.45) is 1.98. The molecule has 1 unspecified atom stereocenters. The van der Waals surface area contributed by atoms with Crippen molar-refractivity contribution in [2.45, 2.75) is 31.3 Å². The highest BCUT2D eigenvalue weighted by molar-refractivity contribution is 6.34. The largest absolute Gasteiger partial charge is 0.328 e. The predicted octanol–water partition coefficient (Wildman–Crippen LogP) is 1.87. The molecule has 0 aliphatic carbocycles. The zero-order valence-corrected chi connectivity index (χ0v) is 13.2. The van der Waals surface area contributed by atoms with Gasteiger partial charge >= 0.3 is 6.03 Å². The number of amides is 4. The van der Waals surface area contributed by atoms with E-state index in [1.54, 1.807) is 28.0 Å². The van der Waals surface area contributed by atoms with E-state index in [4.69, 9.17) is 11.6 Å². The van der Waals surface area contributed by atoms with E-state index in [9.17, 15) is 14.4 Å². The second kappa shape index (κ2) is 5.23. The van der Waals surface area contributed by atoms with E-state index in [0.29, 0.717) is 36.6 Å². The summed E-state index contributed by atoms with van der Waals surface area (Å²) >= 11 is 6.16. The number of para-hydroxylation sites is 1. The fraction of sp³-hybridized carbons (Fsp3) is 0.438. The molecule has 3 heterocycles. The summed E-state index contributed by atoms with van der Waals surface area (Å²) in [4.78, 5) is 42.1. The van der Waals surface area contributed by atoms with Crippen LogP contribution in [0.5, 0.6) is 0 Å². The third-order valence-corrected chi connectivity index (χ3v) is 5.18. The number of fused-ring (bicyclic) bond motifs is 1. The van der Waals surface area contributed by atoms with Crippen molar-refractivity contribution >= 4 is 35.1 Å². The van der Waals surface area contributed by atoms with Crippen LogP contribution in [0.2, 0.25) is 5.02 Å². The molecule has 4 amide bonds. The van der Waals surface area contributed by atoms with Gasteiger partial charge in [-0.2, -0.15) is 0 Å². The van der Waals surface area contributed by atoms with Gasteiger partial charge in [0, 0.05) is 13.1 Å². The normalized spacial score (nSPS) is 27.3. The van der Waals surface area contributed by atoms with Crippen LogP contribution < -0.4 is 4.90 Å². The maximum absolute atomic E-state index is 12.8. The van der Waals surface area contributed by atoms with Gasteiger partial charge in [-0.3, -0.25) is 9.59 Å². The lowest BCUT2D eigenvalue weighted by molar-refractivity contribution is -0.133. The fourth-order valence-corrected chi connectivity index (χ4v) is 3.98. The first-order chi connectivity index (χ1) is 11.1. The standard InChI is InChI=1S/C16H16ClN3O3/c17-10-4-1-2-5-11(10)18-9-7-13(14(18)21)20-15(22)12-6-3-8-19(12)16(20)23/h1-2,4-5,12-13H,3,6-9H2/t12-,13?/m0/s1. The number of anilines is 1. The number of rotatable bonds is 2. The number of carbonyl (C=O) groups excluding carboxylic acids is 3. The molecule has 7 heteroatoms. The Kier molecular flexibility index (Phi) is 3.30. The first-order valence-corrected chi connectivity index (χ1v) is 8.17. The summed E-state index contributed by atoms with van der Waals surface area (Å²) in [7, 11) is 0. The van der Waals surface area contributed by atoms with E-state index >= 15 is 0 Å². The Balaban J connectivity index is 1.60. The number of benzene rings is 1. The Bertz CT molecular complexity index is 686. The minimum Gasteiger partial charge on any atom is -0.312 e. The molecule has 3 saturated heterocycles. The average molecular weight is 334 g/mol. The molecule has 0 radical (unpaired) electrons. The minimum absolute atomic E-state index is 0.230. The monoisotopic (exact) mass is 333 g/mol. The second-order valence-electron chi connectivity index (χ2n) is 6.09. The number of carbonyl (C=O) groups is 3. The molecule has 3 aliphatic heterocycles. The van der Waals surface area contributed by atoms with Crippen LogP contribution in [0.3, 0.4) is 0 Å². The van der Waals surface area contributed by atoms with E-state index in [1.807, 2.05) is 6.07 Å². The van der Waals surface area contributed by atoms with Crippen LogP contribution in [0, 0.1) is 0 Å². The van der Waals surface area contributed by atoms with Crippen molar-refractivity contribution in [1.29, 1.82) is 0 Å². The molecule has 120 valence electrons. The van der Waals surface area contributed by atoms with E-state index in [2.05, 4.69) is 0 Å². The first kappa shape index (κ1) is 14.5. The Labute approximate surface area is 138 Å². The fourth-order valence-electron chi connectivity index (χ4n) is 3.75. The predicted molar refractivity (Wildman–Crippen MR) is 84.2 cm³/mol. The molecule has 4 rings (SSSR count). The number of nitrogens with zero attached hydrogens (tertiary/aromatic N) is 3. The van der Waals surface area contributed by atoms with E-state index < -0.39 is 6.04 Å². The third kappa shape index (κ3) is 2.05. The summed E-state index contributed by atoms with van der Waals surface area (Å²) in [5.41, 5.74) is 0.626. The molecule has 6 nitrogen and oxygen atoms in total. The Hall–Kier alpha value is -2.08. The van der Waals surface area contributed by atoms with Gasteiger partial charge in [0.2, 0.25) is 5.91 Å². The maximum atomic E-state index is 12.8. The lowest BCUT2D eigenvalue weighted by Crippen LogP contribution is -2.46. The molecular formula is C16H16ClN3O3. The number of urea groups is 1. The van der Waals surface area contributed by atoms with Crippen molar-refractivity contribution in [2.75, 3.05) is 18.0 Å². The highest BCUT2D eigenvalue weighted by Gasteiger charge is 2.53. The molecule has 1 aromatic rings. The summed E-state index contributed by atoms with van der Waals surface area (Å²) in [6, 6.07) is 5.70. The van der Waals surface area contributed by atoms with Gasteiger partial charge < -0.3 is 9.80 Å². The van der Waals surface area contributed by atoms with Crippen molar-refractivity contribution in [1.82, 2.24) is 9.80 Å². The lowest BCUT2D eigenvalue weighted by Gasteiger charge is -2.22. The highest BCUT2D eigenvalue weighted by Crippen LogP contribution is 2.34. The van der Waals surface area contributed by atoms with Gasteiger partial charge in [0.1, 0.15) is 12.1 Å². The molecule has 0 spiro atoms. The Morgan fingerprint density at radius 2 is 1.74 bits per heavy atom. The van der Waals surface area contributed by atoms with Crippen LogP contribution in [0.15, 0.2) is 24.3 Å². The van der Waals surface area contributed by atoms with Crippen molar-refractivity contribution in [3.63, 3.8) is 0 Å². The highest BCUT2D eigenvalue weighted by atomic mass is 35.5. The van der Waals surface area contributed by atoms with Crippen LogP contribution in [-0.4, -0.2) is 52.8 Å². The van der Waals surface area contributed by atoms with Crippen LogP contribution in [0.25, 0.3) is 0 Å². The first-order valence-electron chi connectivity index (χ1n) is 7.79. The van der Waals surface area contributed by atoms with E-state index in [0.717, 1.165) is 6.42 Å². The SMILES string of the molecule is O=C1C(N2C(=O)[C@@H]3CCCN3C2=O)CCN1c1ccccc1Cl. The number of halogens is 1. The molecule has 0 bridgehead atoms. The van der Waals surface area contributed by atoms with Gasteiger partial charge in [0.15, 0.2) is 0 Å². The van der Waals surface area contributed by atoms with Crippen molar-refractivity contribution in [2.24, 2.45) is 0 Å². The van der Waals surface area contributed by atoms with E-state index in [-0.39, 0.29) is 23.9 Å². The summed E-state index contributed by atoms with van der Waals surface area (Å²) in [5.74, 6) is -0.465. The van der Waals surface area contributed by atoms with Crippen LogP contribution in [0.1, 0.15) is 19.3 Å². The molecule has 23 heavy (non-hydrogen) atoms. The third-order valence-electron chi connectivity index (χ3n) is 4.86. The molecule has 0 saturated carbocycles. The Morgan fingerprint density at radius 3 is 2.48 bits per heavy atom. The second-order valence-corrected chi connectivity index (χ2v) is 6.50. The van der Waals surface area contributed by atoms with Gasteiger partial charge in [-0.1, -0.05) is 23.7 Å². The smallest absolute Gasteiger partial charge is 0.312 e. The molecule has 0 N–H and O–H groups in total. The Morgan fingerprint density at radius 1 is 0.957 bits per heavy atom. The van der Waals surface area contributed by atoms with Crippen LogP contribution >= 0.6 is 11.6 Å². The summed E-state index contributed by atoms with van der Waals surface area (Å²) in [5, 5.41) is 0.487. The molecule has 3 aliphatic rings. The topological polar surface area (TPSA) is 60.9 Å². The van der Waals surface area contributed by atoms with Gasteiger partial charge in [-0.15, -0.1) is 0 Å². The quantitative estimate of drug-likeness (QED) is 0.776. The summed E-state index contributed by atoms with van der Waals surface area (Å²) in [6.45, 7) is 1.05. The summed E-state index contributed by atoms with van der Waals surface area (Å²) < 4.78 is 0. The molecule has 1 aromatic carbocycles. The molecule has 3 fully saturated rings. The minimum atomic E-state index is -0.711. The van der Waals surface area contributed by atoms with Gasteiger partial charge in [-0.05, 0) is 31.4 Å². The van der Waals surface area contributed by atoms with E-state index in [1.165, 1.54) is 4.90 Å². The molecular weight excluding hydrogens is 318 g/mol. The number of hydrogen-bond donors (Lipinski definition) is 0. The molecule has 2 atom stereocenters. The van der Waals surface area contributed by atoms with Crippen LogP contribution in [-0.2, 0) is 9.59 Å². The maximum Gasteiger partial charge on any atom is 0.328 e. The van der Waals surface area contributed by atoms with Gasteiger partial charge in [-0.25, -0.2) is 9.69 Å². The van der Waals surface area contributed by atoms with Crippen molar-refractivity contribution in [3.05, 3.63) is 29.3 Å². The van der Waals surface area contributed by atoms with Crippen molar-refractivity contribution in [3.8, 4) is 0 Å². The number of imide groups is 1. The lowest BCUT2D eigenvalue weighted by atomic mass is 10.1. The molecule has 0 aromatic heterocycles. The van der Waals surface area contributed by atoms with Gasteiger partial charge in [0.25, 0.3) is 5.91 Å². The van der Waals surface area contributed by atoms with Crippen molar-refractivity contribution < 1.29 is 14.4 Å². The number of hydrogen-bond acceptors (Lipinski definition) is 3. The zero-order valence-electron chi connectivity index (χ0n) is 12.4. The average Bonchev–Trinajstić information content (AvgIpc) is 3.20. The van der Waals surface area contributed by atoms with Crippen LogP contribution in [0.4, 0.5) is 10.5 Å². The van der Waals surface area contributed by atoms with Gasteiger partial charge in [0.05, 0.1) is 10.7 Å². The zero-order chi connectivity index (χ0) is 16.1.